The highest BCUT2D eigenvalue weighted by Gasteiger charge is 2.33. The van der Waals surface area contributed by atoms with E-state index in [1.54, 1.807) is 11.8 Å². The summed E-state index contributed by atoms with van der Waals surface area (Å²) in [6.45, 7) is -0.204. The van der Waals surface area contributed by atoms with Crippen LogP contribution in [0.1, 0.15) is 30.1 Å². The van der Waals surface area contributed by atoms with Gasteiger partial charge in [0, 0.05) is 15.8 Å². The monoisotopic (exact) mass is 468 g/mol. The van der Waals surface area contributed by atoms with Crippen molar-refractivity contribution < 1.29 is 4.79 Å². The van der Waals surface area contributed by atoms with E-state index in [0.717, 1.165) is 28.6 Å². The summed E-state index contributed by atoms with van der Waals surface area (Å²) in [4.78, 5) is 15.5. The van der Waals surface area contributed by atoms with Crippen LogP contribution in [0.2, 0.25) is 0 Å². The van der Waals surface area contributed by atoms with Gasteiger partial charge in [-0.2, -0.15) is 0 Å². The van der Waals surface area contributed by atoms with Gasteiger partial charge in [0.15, 0.2) is 5.78 Å². The molecular formula is C30H29OPS. The van der Waals surface area contributed by atoms with Crippen molar-refractivity contribution in [3.8, 4) is 0 Å². The molecule has 0 saturated heterocycles. The van der Waals surface area contributed by atoms with Gasteiger partial charge in [-0.1, -0.05) is 116 Å². The summed E-state index contributed by atoms with van der Waals surface area (Å²) in [7, 11) is 0. The first kappa shape index (κ1) is 23.4. The summed E-state index contributed by atoms with van der Waals surface area (Å²) in [5, 5.41) is 4.69. The Hall–Kier alpha value is -2.80. The molecule has 0 aliphatic rings. The molecule has 0 aliphatic carbocycles. The van der Waals surface area contributed by atoms with Gasteiger partial charge in [-0.25, -0.2) is 0 Å². The molecule has 0 aromatic heterocycles. The number of carbonyl (C=O) groups is 1. The quantitative estimate of drug-likeness (QED) is 0.166. The van der Waals surface area contributed by atoms with E-state index in [1.807, 2.05) is 24.5 Å². The Morgan fingerprint density at radius 3 is 1.52 bits per heavy atom. The van der Waals surface area contributed by atoms with Gasteiger partial charge < -0.3 is 0 Å². The van der Waals surface area contributed by atoms with Crippen molar-refractivity contribution in [3.63, 3.8) is 0 Å². The summed E-state index contributed by atoms with van der Waals surface area (Å²) in [5.41, 5.74) is 0.806. The van der Waals surface area contributed by atoms with Crippen molar-refractivity contribution in [3.05, 3.63) is 121 Å². The molecule has 33 heavy (non-hydrogen) atoms. The lowest BCUT2D eigenvalue weighted by atomic mass is 10.1. The van der Waals surface area contributed by atoms with Crippen molar-refractivity contribution in [2.45, 2.75) is 24.7 Å². The highest BCUT2D eigenvalue weighted by atomic mass is 32.2. The fraction of sp³-hybridized carbons (Fsp3) is 0.133. The van der Waals surface area contributed by atoms with Gasteiger partial charge in [0.1, 0.15) is 0 Å². The molecule has 3 heteroatoms. The second-order valence-corrected chi connectivity index (χ2v) is 12.2. The van der Waals surface area contributed by atoms with Gasteiger partial charge in [-0.05, 0) is 47.6 Å². The largest absolute Gasteiger partial charge is 0.289 e. The van der Waals surface area contributed by atoms with E-state index in [1.165, 1.54) is 15.9 Å². The first-order valence-electron chi connectivity index (χ1n) is 11.3. The lowest BCUT2D eigenvalue weighted by molar-refractivity contribution is 0.106. The van der Waals surface area contributed by atoms with E-state index < -0.39 is 6.89 Å². The van der Waals surface area contributed by atoms with Gasteiger partial charge >= 0.3 is 0 Å². The first-order chi connectivity index (χ1) is 16.2. The lowest BCUT2D eigenvalue weighted by Crippen LogP contribution is -2.33. The number of carbonyl (C=O) groups excluding carboxylic acids is 1. The smallest absolute Gasteiger partial charge is 0.191 e. The molecule has 0 atom stereocenters. The van der Waals surface area contributed by atoms with E-state index in [9.17, 15) is 4.79 Å². The molecule has 0 unspecified atom stereocenters. The minimum absolute atomic E-state index is 0.173. The Kier molecular flexibility index (Phi) is 7.70. The lowest BCUT2D eigenvalue weighted by Gasteiger charge is -2.32. The molecule has 4 rings (SSSR count). The summed E-state index contributed by atoms with van der Waals surface area (Å²) in [6.07, 6.45) is 3.71. The van der Waals surface area contributed by atoms with Crippen LogP contribution in [0.5, 0.6) is 0 Å². The summed E-state index contributed by atoms with van der Waals surface area (Å²) >= 11 is 1.64. The molecule has 0 aliphatic heterocycles. The van der Waals surface area contributed by atoms with Gasteiger partial charge in [0.05, 0.1) is 0 Å². The fourth-order valence-corrected chi connectivity index (χ4v) is 9.79. The first-order valence-corrected chi connectivity index (χ1v) is 14.3. The predicted octanol–water partition coefficient (Wildman–Crippen LogP) is 6.56. The Bertz CT molecular complexity index is 1160. The Balaban J connectivity index is 2.21. The Morgan fingerprint density at radius 1 is 0.667 bits per heavy atom. The van der Waals surface area contributed by atoms with E-state index in [0.29, 0.717) is 0 Å². The van der Waals surface area contributed by atoms with Crippen LogP contribution in [-0.4, -0.2) is 17.3 Å². The molecule has 0 saturated carbocycles. The molecule has 166 valence electrons. The Labute approximate surface area is 201 Å². The van der Waals surface area contributed by atoms with Crippen LogP contribution in [0, 0.1) is 0 Å². The van der Waals surface area contributed by atoms with Crippen LogP contribution in [-0.2, 0) is 0 Å². The van der Waals surface area contributed by atoms with E-state index in [4.69, 9.17) is 0 Å². The number of thioether (sulfide) groups is 1. The zero-order chi connectivity index (χ0) is 23.1. The third kappa shape index (κ3) is 4.51. The van der Waals surface area contributed by atoms with E-state index in [-0.39, 0.29) is 5.78 Å². The molecule has 1 nitrogen and oxygen atoms in total. The van der Waals surface area contributed by atoms with Gasteiger partial charge in [-0.15, -0.1) is 11.8 Å². The molecule has 0 N–H and O–H groups in total. The van der Waals surface area contributed by atoms with E-state index >= 15 is 0 Å². The Morgan fingerprint density at radius 2 is 1.09 bits per heavy atom. The molecule has 0 radical (unpaired) electrons. The van der Waals surface area contributed by atoms with Crippen LogP contribution < -0.4 is 15.9 Å². The normalized spacial score (nSPS) is 11.2. The SMILES string of the molecule is CCCC(C(=O)c1ccccc1SC)=P(c1ccccc1)(c1ccccc1)c1ccccc1. The summed E-state index contributed by atoms with van der Waals surface area (Å²) < 4.78 is 0. The maximum Gasteiger partial charge on any atom is 0.191 e. The summed E-state index contributed by atoms with van der Waals surface area (Å²) in [5.74, 6) is 0.173. The maximum atomic E-state index is 14.5. The molecule has 0 heterocycles. The van der Waals surface area contributed by atoms with E-state index in [2.05, 4.69) is 104 Å². The maximum absolute atomic E-state index is 14.5. The number of Topliss-reactive ketones (excluding diaryl/α,β-unsaturated/α-hetero) is 1. The molecule has 0 amide bonds. The molecule has 0 fully saturated rings. The second-order valence-electron chi connectivity index (χ2n) is 7.90. The average molecular weight is 469 g/mol. The number of hydrogen-bond acceptors (Lipinski definition) is 2. The van der Waals surface area contributed by atoms with Crippen LogP contribution in [0.25, 0.3) is 0 Å². The summed E-state index contributed by atoms with van der Waals surface area (Å²) in [6, 6.07) is 40.0. The molecule has 0 spiro atoms. The zero-order valence-electron chi connectivity index (χ0n) is 19.1. The van der Waals surface area contributed by atoms with Crippen molar-refractivity contribution >= 4 is 45.6 Å². The standard InChI is InChI=1S/C30H29OPS/c1-3-15-28(30(31)27-22-13-14-23-29(27)33-2)32(24-16-7-4-8-17-24,25-18-9-5-10-19-25)26-20-11-6-12-21-26/h4-14,16-23H,3,15H2,1-2H3. The number of ketones is 1. The van der Waals surface area contributed by atoms with Gasteiger partial charge in [0.2, 0.25) is 0 Å². The second kappa shape index (κ2) is 10.9. The highest BCUT2D eigenvalue weighted by molar-refractivity contribution is 7.98. The van der Waals surface area contributed by atoms with Crippen molar-refractivity contribution in [1.29, 1.82) is 0 Å². The molecule has 0 bridgehead atoms. The molecular weight excluding hydrogens is 439 g/mol. The minimum atomic E-state index is -2.37. The van der Waals surface area contributed by atoms with Gasteiger partial charge in [-0.3, -0.25) is 4.79 Å². The number of hydrogen-bond donors (Lipinski definition) is 0. The molecule has 4 aromatic rings. The van der Waals surface area contributed by atoms with Gasteiger partial charge in [0.25, 0.3) is 0 Å². The number of benzene rings is 4. The van der Waals surface area contributed by atoms with Crippen LogP contribution in [0.4, 0.5) is 0 Å². The van der Waals surface area contributed by atoms with Crippen molar-refractivity contribution in [2.75, 3.05) is 6.26 Å². The highest BCUT2D eigenvalue weighted by Crippen LogP contribution is 2.48. The fourth-order valence-electron chi connectivity index (χ4n) is 4.53. The van der Waals surface area contributed by atoms with Crippen LogP contribution in [0.3, 0.4) is 0 Å². The van der Waals surface area contributed by atoms with Crippen LogP contribution >= 0.6 is 18.6 Å². The van der Waals surface area contributed by atoms with Crippen molar-refractivity contribution in [1.82, 2.24) is 0 Å². The number of rotatable bonds is 8. The zero-order valence-corrected chi connectivity index (χ0v) is 20.9. The van der Waals surface area contributed by atoms with Crippen LogP contribution in [0.15, 0.2) is 120 Å². The third-order valence-corrected chi connectivity index (χ3v) is 11.2. The average Bonchev–Trinajstić information content (AvgIpc) is 2.90. The van der Waals surface area contributed by atoms with Crippen molar-refractivity contribution in [2.24, 2.45) is 0 Å². The predicted molar refractivity (Wildman–Crippen MR) is 148 cm³/mol. The minimum Gasteiger partial charge on any atom is -0.289 e. The molecule has 4 aromatic carbocycles. The topological polar surface area (TPSA) is 17.1 Å². The third-order valence-electron chi connectivity index (χ3n) is 5.94.